The summed E-state index contributed by atoms with van der Waals surface area (Å²) in [4.78, 5) is 31.8. The van der Waals surface area contributed by atoms with Gasteiger partial charge in [-0.05, 0) is 31.2 Å². The summed E-state index contributed by atoms with van der Waals surface area (Å²) < 4.78 is -1.26. The summed E-state index contributed by atoms with van der Waals surface area (Å²) in [5.74, 6) is -0.327. The summed E-state index contributed by atoms with van der Waals surface area (Å²) in [5, 5.41) is 3.16. The molecule has 0 saturated carbocycles. The molecule has 2 heterocycles. The van der Waals surface area contributed by atoms with E-state index in [9.17, 15) is 9.59 Å². The molecule has 5 nitrogen and oxygen atoms in total. The third kappa shape index (κ3) is 2.80. The number of anilines is 2. The molecule has 1 aliphatic rings. The maximum atomic E-state index is 12.7. The molecule has 1 atom stereocenters. The molecular weight excluding hydrogens is 334 g/mol. The second-order valence-electron chi connectivity index (χ2n) is 5.28. The molecule has 0 spiro atoms. The van der Waals surface area contributed by atoms with Gasteiger partial charge in [-0.2, -0.15) is 0 Å². The Balaban J connectivity index is 1.90. The van der Waals surface area contributed by atoms with Crippen LogP contribution in [0.3, 0.4) is 0 Å². The van der Waals surface area contributed by atoms with Crippen LogP contribution in [0.25, 0.3) is 0 Å². The molecular formula is C16H14ClN3O2S. The van der Waals surface area contributed by atoms with E-state index in [-0.39, 0.29) is 5.91 Å². The zero-order chi connectivity index (χ0) is 16.6. The molecule has 1 N–H and O–H groups in total. The lowest BCUT2D eigenvalue weighted by atomic mass is 10.1. The van der Waals surface area contributed by atoms with Crippen molar-refractivity contribution in [2.24, 2.45) is 0 Å². The molecule has 7 heteroatoms. The van der Waals surface area contributed by atoms with Crippen molar-refractivity contribution in [3.63, 3.8) is 0 Å². The van der Waals surface area contributed by atoms with E-state index in [4.69, 9.17) is 11.6 Å². The van der Waals surface area contributed by atoms with Gasteiger partial charge in [-0.1, -0.05) is 35.5 Å². The van der Waals surface area contributed by atoms with E-state index in [0.29, 0.717) is 10.8 Å². The molecule has 1 aliphatic heterocycles. The van der Waals surface area contributed by atoms with E-state index in [1.165, 1.54) is 22.9 Å². The van der Waals surface area contributed by atoms with Crippen molar-refractivity contribution in [3.8, 4) is 0 Å². The highest BCUT2D eigenvalue weighted by Crippen LogP contribution is 2.45. The number of thioether (sulfide) groups is 1. The van der Waals surface area contributed by atoms with Crippen molar-refractivity contribution in [1.82, 2.24) is 4.98 Å². The summed E-state index contributed by atoms with van der Waals surface area (Å²) >= 11 is 7.03. The number of fused-ring (bicyclic) bond motifs is 1. The number of benzene rings is 1. The Kier molecular flexibility index (Phi) is 4.04. The van der Waals surface area contributed by atoms with E-state index in [2.05, 4.69) is 10.3 Å². The predicted octanol–water partition coefficient (Wildman–Crippen LogP) is 3.20. The lowest BCUT2D eigenvalue weighted by molar-refractivity contribution is -0.128. The van der Waals surface area contributed by atoms with Crippen molar-refractivity contribution in [2.75, 3.05) is 17.3 Å². The Morgan fingerprint density at radius 2 is 2.04 bits per heavy atom. The third-order valence-corrected chi connectivity index (χ3v) is 5.21. The van der Waals surface area contributed by atoms with Crippen molar-refractivity contribution in [3.05, 3.63) is 47.6 Å². The fraction of sp³-hybridized carbons (Fsp3) is 0.188. The van der Waals surface area contributed by atoms with Crippen LogP contribution in [0.2, 0.25) is 5.02 Å². The smallest absolute Gasteiger partial charge is 0.252 e. The minimum Gasteiger partial charge on any atom is -0.313 e. The number of aromatic nitrogens is 1. The normalized spacial score (nSPS) is 20.1. The molecule has 2 aromatic rings. The van der Waals surface area contributed by atoms with Crippen molar-refractivity contribution in [2.45, 2.75) is 16.6 Å². The van der Waals surface area contributed by atoms with Gasteiger partial charge in [0.25, 0.3) is 11.8 Å². The van der Waals surface area contributed by atoms with Crippen molar-refractivity contribution in [1.29, 1.82) is 0 Å². The minimum atomic E-state index is -1.26. The number of nitrogens with one attached hydrogen (secondary N) is 1. The van der Waals surface area contributed by atoms with Gasteiger partial charge in [-0.25, -0.2) is 4.98 Å². The number of hydrogen-bond donors (Lipinski definition) is 1. The van der Waals surface area contributed by atoms with Gasteiger partial charge in [0, 0.05) is 18.1 Å². The maximum absolute atomic E-state index is 12.7. The van der Waals surface area contributed by atoms with Crippen LogP contribution in [0.1, 0.15) is 6.92 Å². The Bertz CT molecular complexity index is 781. The van der Waals surface area contributed by atoms with Crippen LogP contribution in [0, 0.1) is 0 Å². The van der Waals surface area contributed by atoms with Gasteiger partial charge in [0.2, 0.25) is 0 Å². The Morgan fingerprint density at radius 1 is 1.30 bits per heavy atom. The van der Waals surface area contributed by atoms with Crippen LogP contribution < -0.4 is 10.2 Å². The van der Waals surface area contributed by atoms with E-state index >= 15 is 0 Å². The highest BCUT2D eigenvalue weighted by molar-refractivity contribution is 8.02. The Labute approximate surface area is 143 Å². The first-order valence-electron chi connectivity index (χ1n) is 6.91. The fourth-order valence-electron chi connectivity index (χ4n) is 2.34. The van der Waals surface area contributed by atoms with E-state index < -0.39 is 10.7 Å². The number of rotatable bonds is 2. The number of nitrogens with zero attached hydrogens (tertiary/aromatic N) is 2. The molecule has 0 fully saturated rings. The SMILES string of the molecule is CN1C(=O)C(C)(C(=O)Nc2ccc(Cl)cn2)Sc2ccccc21. The quantitative estimate of drug-likeness (QED) is 0.847. The topological polar surface area (TPSA) is 62.3 Å². The molecule has 2 amide bonds. The molecule has 118 valence electrons. The van der Waals surface area contributed by atoms with Crippen LogP contribution in [-0.4, -0.2) is 28.6 Å². The number of hydrogen-bond acceptors (Lipinski definition) is 4. The lowest BCUT2D eigenvalue weighted by Gasteiger charge is -2.36. The molecule has 0 saturated heterocycles. The van der Waals surface area contributed by atoms with E-state index in [1.807, 2.05) is 24.3 Å². The minimum absolute atomic E-state index is 0.271. The maximum Gasteiger partial charge on any atom is 0.252 e. The summed E-state index contributed by atoms with van der Waals surface area (Å²) in [5.41, 5.74) is 0.803. The first kappa shape index (κ1) is 15.8. The van der Waals surface area contributed by atoms with Gasteiger partial charge >= 0.3 is 0 Å². The van der Waals surface area contributed by atoms with Gasteiger partial charge in [0.15, 0.2) is 4.75 Å². The third-order valence-electron chi connectivity index (χ3n) is 3.66. The highest BCUT2D eigenvalue weighted by Gasteiger charge is 2.48. The molecule has 0 radical (unpaired) electrons. The van der Waals surface area contributed by atoms with E-state index in [1.54, 1.807) is 26.1 Å². The van der Waals surface area contributed by atoms with Crippen molar-refractivity contribution >= 4 is 46.7 Å². The highest BCUT2D eigenvalue weighted by atomic mass is 35.5. The Hall–Kier alpha value is -2.05. The number of carbonyl (C=O) groups excluding carboxylic acids is 2. The van der Waals surface area contributed by atoms with Crippen LogP contribution in [0.5, 0.6) is 0 Å². The molecule has 0 bridgehead atoms. The monoisotopic (exact) mass is 347 g/mol. The Morgan fingerprint density at radius 3 is 2.74 bits per heavy atom. The zero-order valence-electron chi connectivity index (χ0n) is 12.5. The summed E-state index contributed by atoms with van der Waals surface area (Å²) in [7, 11) is 1.67. The number of carbonyl (C=O) groups is 2. The molecule has 23 heavy (non-hydrogen) atoms. The number of para-hydroxylation sites is 1. The van der Waals surface area contributed by atoms with Crippen LogP contribution in [-0.2, 0) is 9.59 Å². The largest absolute Gasteiger partial charge is 0.313 e. The van der Waals surface area contributed by atoms with Crippen molar-refractivity contribution < 1.29 is 9.59 Å². The molecule has 0 aliphatic carbocycles. The summed E-state index contributed by atoms with van der Waals surface area (Å²) in [6, 6.07) is 10.7. The van der Waals surface area contributed by atoms with Gasteiger partial charge in [0.05, 0.1) is 10.7 Å². The fourth-order valence-corrected chi connectivity index (χ4v) is 3.72. The standard InChI is InChI=1S/C16H14ClN3O2S/c1-16(14(21)19-13-8-7-10(17)9-18-13)15(22)20(2)11-5-3-4-6-12(11)23-16/h3-9H,1-2H3,(H,18,19,21). The number of halogens is 1. The summed E-state index contributed by atoms with van der Waals surface area (Å²) in [6.07, 6.45) is 1.44. The zero-order valence-corrected chi connectivity index (χ0v) is 14.1. The molecule has 3 rings (SSSR count). The number of amides is 2. The first-order valence-corrected chi connectivity index (χ1v) is 8.10. The van der Waals surface area contributed by atoms with Crippen LogP contribution >= 0.6 is 23.4 Å². The average Bonchev–Trinajstić information content (AvgIpc) is 2.55. The molecule has 1 aromatic carbocycles. The van der Waals surface area contributed by atoms with Gasteiger partial charge in [-0.3, -0.25) is 9.59 Å². The second-order valence-corrected chi connectivity index (χ2v) is 7.18. The van der Waals surface area contributed by atoms with Gasteiger partial charge < -0.3 is 10.2 Å². The van der Waals surface area contributed by atoms with E-state index in [0.717, 1.165) is 10.6 Å². The summed E-state index contributed by atoms with van der Waals surface area (Å²) in [6.45, 7) is 1.62. The predicted molar refractivity (Wildman–Crippen MR) is 92.0 cm³/mol. The average molecular weight is 348 g/mol. The second kappa shape index (κ2) is 5.86. The van der Waals surface area contributed by atoms with Crippen LogP contribution in [0.4, 0.5) is 11.5 Å². The lowest BCUT2D eigenvalue weighted by Crippen LogP contribution is -2.53. The first-order chi connectivity index (χ1) is 10.9. The van der Waals surface area contributed by atoms with Gasteiger partial charge in [0.1, 0.15) is 5.82 Å². The number of pyridine rings is 1. The van der Waals surface area contributed by atoms with Crippen LogP contribution in [0.15, 0.2) is 47.5 Å². The molecule has 1 aromatic heterocycles. The molecule has 1 unspecified atom stereocenters. The van der Waals surface area contributed by atoms with Gasteiger partial charge in [-0.15, -0.1) is 0 Å².